The van der Waals surface area contributed by atoms with Gasteiger partial charge in [0.2, 0.25) is 0 Å². The summed E-state index contributed by atoms with van der Waals surface area (Å²) in [6.07, 6.45) is 4.59. The highest BCUT2D eigenvalue weighted by Gasteiger charge is 2.27. The van der Waals surface area contributed by atoms with E-state index in [2.05, 4.69) is 32.0 Å². The number of rotatable bonds is 3. The molecular formula is C15H23NO. The van der Waals surface area contributed by atoms with Gasteiger partial charge in [-0.15, -0.1) is 0 Å². The molecule has 0 heterocycles. The van der Waals surface area contributed by atoms with Crippen molar-refractivity contribution in [1.29, 1.82) is 0 Å². The van der Waals surface area contributed by atoms with Crippen LogP contribution in [-0.2, 0) is 6.42 Å². The SMILES string of the molecule is CCc1ccccc1OC1CC(C)CCC1N. The fourth-order valence-electron chi connectivity index (χ4n) is 2.56. The summed E-state index contributed by atoms with van der Waals surface area (Å²) in [6, 6.07) is 8.48. The molecule has 0 spiro atoms. The third-order valence-corrected chi connectivity index (χ3v) is 3.74. The minimum Gasteiger partial charge on any atom is -0.489 e. The normalized spacial score (nSPS) is 29.0. The molecule has 0 amide bonds. The molecule has 0 saturated heterocycles. The van der Waals surface area contributed by atoms with Crippen LogP contribution in [0.1, 0.15) is 38.7 Å². The van der Waals surface area contributed by atoms with Gasteiger partial charge in [-0.2, -0.15) is 0 Å². The van der Waals surface area contributed by atoms with Crippen LogP contribution in [0.2, 0.25) is 0 Å². The smallest absolute Gasteiger partial charge is 0.122 e. The Morgan fingerprint density at radius 1 is 1.29 bits per heavy atom. The van der Waals surface area contributed by atoms with Crippen LogP contribution in [0.3, 0.4) is 0 Å². The fourth-order valence-corrected chi connectivity index (χ4v) is 2.56. The first kappa shape index (κ1) is 12.4. The summed E-state index contributed by atoms with van der Waals surface area (Å²) in [5.74, 6) is 1.75. The highest BCUT2D eigenvalue weighted by Crippen LogP contribution is 2.28. The van der Waals surface area contributed by atoms with Crippen molar-refractivity contribution < 1.29 is 4.74 Å². The number of hydrogen-bond acceptors (Lipinski definition) is 2. The predicted octanol–water partition coefficient (Wildman–Crippen LogP) is 3.14. The largest absolute Gasteiger partial charge is 0.489 e. The van der Waals surface area contributed by atoms with Gasteiger partial charge in [-0.25, -0.2) is 0 Å². The number of aryl methyl sites for hydroxylation is 1. The lowest BCUT2D eigenvalue weighted by molar-refractivity contribution is 0.107. The van der Waals surface area contributed by atoms with Gasteiger partial charge in [0.25, 0.3) is 0 Å². The maximum absolute atomic E-state index is 6.16. The molecule has 1 aromatic rings. The lowest BCUT2D eigenvalue weighted by Crippen LogP contribution is -2.43. The van der Waals surface area contributed by atoms with E-state index in [4.69, 9.17) is 10.5 Å². The van der Waals surface area contributed by atoms with E-state index in [1.165, 1.54) is 12.0 Å². The van der Waals surface area contributed by atoms with Gasteiger partial charge in [0.15, 0.2) is 0 Å². The van der Waals surface area contributed by atoms with Crippen molar-refractivity contribution in [1.82, 2.24) is 0 Å². The van der Waals surface area contributed by atoms with Gasteiger partial charge in [-0.05, 0) is 43.2 Å². The minimum absolute atomic E-state index is 0.187. The molecule has 0 aromatic heterocycles. The zero-order valence-corrected chi connectivity index (χ0v) is 10.9. The van der Waals surface area contributed by atoms with Crippen LogP contribution < -0.4 is 10.5 Å². The Labute approximate surface area is 104 Å². The van der Waals surface area contributed by atoms with Crippen LogP contribution in [0, 0.1) is 5.92 Å². The standard InChI is InChI=1S/C15H23NO/c1-3-12-6-4-5-7-14(12)17-15-10-11(2)8-9-13(15)16/h4-7,11,13,15H,3,8-10,16H2,1-2H3. The van der Waals surface area contributed by atoms with Crippen molar-refractivity contribution in [3.05, 3.63) is 29.8 Å². The van der Waals surface area contributed by atoms with E-state index in [-0.39, 0.29) is 12.1 Å². The highest BCUT2D eigenvalue weighted by atomic mass is 16.5. The summed E-state index contributed by atoms with van der Waals surface area (Å²) in [6.45, 7) is 4.44. The molecule has 0 radical (unpaired) electrons. The first-order valence-electron chi connectivity index (χ1n) is 6.70. The number of nitrogens with two attached hydrogens (primary N) is 1. The molecule has 1 aliphatic rings. The Bertz CT molecular complexity index is 364. The molecule has 0 aliphatic heterocycles. The second-order valence-corrected chi connectivity index (χ2v) is 5.20. The van der Waals surface area contributed by atoms with E-state index in [1.54, 1.807) is 0 Å². The summed E-state index contributed by atoms with van der Waals surface area (Å²) in [4.78, 5) is 0. The van der Waals surface area contributed by atoms with Crippen molar-refractivity contribution in [2.24, 2.45) is 11.7 Å². The summed E-state index contributed by atoms with van der Waals surface area (Å²) in [5, 5.41) is 0. The average molecular weight is 233 g/mol. The lowest BCUT2D eigenvalue weighted by Gasteiger charge is -2.33. The third-order valence-electron chi connectivity index (χ3n) is 3.74. The third kappa shape index (κ3) is 3.01. The topological polar surface area (TPSA) is 35.2 Å². The Morgan fingerprint density at radius 3 is 2.82 bits per heavy atom. The minimum atomic E-state index is 0.187. The molecule has 0 bridgehead atoms. The van der Waals surface area contributed by atoms with Crippen molar-refractivity contribution >= 4 is 0 Å². The Hall–Kier alpha value is -1.02. The van der Waals surface area contributed by atoms with Crippen molar-refractivity contribution in [2.75, 3.05) is 0 Å². The van der Waals surface area contributed by atoms with E-state index >= 15 is 0 Å². The highest BCUT2D eigenvalue weighted by molar-refractivity contribution is 5.33. The van der Waals surface area contributed by atoms with Crippen LogP contribution >= 0.6 is 0 Å². The zero-order valence-electron chi connectivity index (χ0n) is 10.9. The second-order valence-electron chi connectivity index (χ2n) is 5.20. The van der Waals surface area contributed by atoms with Crippen molar-refractivity contribution in [2.45, 2.75) is 51.7 Å². The fraction of sp³-hybridized carbons (Fsp3) is 0.600. The molecule has 3 unspecified atom stereocenters. The van der Waals surface area contributed by atoms with Crippen LogP contribution in [0.5, 0.6) is 5.75 Å². The Morgan fingerprint density at radius 2 is 2.06 bits per heavy atom. The first-order valence-corrected chi connectivity index (χ1v) is 6.70. The molecule has 94 valence electrons. The maximum Gasteiger partial charge on any atom is 0.122 e. The molecule has 17 heavy (non-hydrogen) atoms. The van der Waals surface area contributed by atoms with Crippen molar-refractivity contribution in [3.8, 4) is 5.75 Å². The van der Waals surface area contributed by atoms with Crippen LogP contribution in [0.4, 0.5) is 0 Å². The summed E-state index contributed by atoms with van der Waals surface area (Å²) in [7, 11) is 0. The predicted molar refractivity (Wildman–Crippen MR) is 71.2 cm³/mol. The van der Waals surface area contributed by atoms with Gasteiger partial charge < -0.3 is 10.5 Å². The van der Waals surface area contributed by atoms with Crippen molar-refractivity contribution in [3.63, 3.8) is 0 Å². The number of benzene rings is 1. The molecule has 1 fully saturated rings. The molecule has 2 nitrogen and oxygen atoms in total. The molecule has 2 rings (SSSR count). The van der Waals surface area contributed by atoms with Gasteiger partial charge in [0, 0.05) is 6.04 Å². The maximum atomic E-state index is 6.16. The van der Waals surface area contributed by atoms with Gasteiger partial charge in [0.1, 0.15) is 11.9 Å². The monoisotopic (exact) mass is 233 g/mol. The van der Waals surface area contributed by atoms with E-state index in [9.17, 15) is 0 Å². The number of hydrogen-bond donors (Lipinski definition) is 1. The summed E-state index contributed by atoms with van der Waals surface area (Å²) >= 11 is 0. The molecule has 3 atom stereocenters. The molecule has 1 aliphatic carbocycles. The van der Waals surface area contributed by atoms with Gasteiger partial charge in [-0.3, -0.25) is 0 Å². The molecule has 2 heteroatoms. The first-order chi connectivity index (χ1) is 8.20. The molecule has 2 N–H and O–H groups in total. The lowest BCUT2D eigenvalue weighted by atomic mass is 9.85. The second kappa shape index (κ2) is 5.54. The van der Waals surface area contributed by atoms with E-state index in [1.807, 2.05) is 6.07 Å². The Balaban J connectivity index is 2.08. The number of ether oxygens (including phenoxy) is 1. The van der Waals surface area contributed by atoms with Crippen LogP contribution in [0.25, 0.3) is 0 Å². The van der Waals surface area contributed by atoms with Gasteiger partial charge >= 0.3 is 0 Å². The molecule has 1 saturated carbocycles. The van der Waals surface area contributed by atoms with Crippen LogP contribution in [0.15, 0.2) is 24.3 Å². The van der Waals surface area contributed by atoms with E-state index in [0.717, 1.165) is 30.9 Å². The van der Waals surface area contributed by atoms with E-state index in [0.29, 0.717) is 0 Å². The quantitative estimate of drug-likeness (QED) is 0.870. The Kier molecular flexibility index (Phi) is 4.06. The number of para-hydroxylation sites is 1. The molecule has 1 aromatic carbocycles. The van der Waals surface area contributed by atoms with Gasteiger partial charge in [0.05, 0.1) is 0 Å². The average Bonchev–Trinajstić information content (AvgIpc) is 2.34. The molecular weight excluding hydrogens is 210 g/mol. The van der Waals surface area contributed by atoms with E-state index < -0.39 is 0 Å². The van der Waals surface area contributed by atoms with Crippen LogP contribution in [-0.4, -0.2) is 12.1 Å². The van der Waals surface area contributed by atoms with Gasteiger partial charge in [-0.1, -0.05) is 32.0 Å². The summed E-state index contributed by atoms with van der Waals surface area (Å²) < 4.78 is 6.14. The summed E-state index contributed by atoms with van der Waals surface area (Å²) in [5.41, 5.74) is 7.43. The zero-order chi connectivity index (χ0) is 12.3.